The van der Waals surface area contributed by atoms with E-state index in [9.17, 15) is 0 Å². The number of aryl methyl sites for hydroxylation is 2. The lowest BCUT2D eigenvalue weighted by molar-refractivity contribution is 0.499. The summed E-state index contributed by atoms with van der Waals surface area (Å²) < 4.78 is 0. The van der Waals surface area contributed by atoms with E-state index in [0.717, 1.165) is 6.54 Å². The summed E-state index contributed by atoms with van der Waals surface area (Å²) in [7, 11) is 0. The first-order chi connectivity index (χ1) is 7.18. The van der Waals surface area contributed by atoms with E-state index in [1.807, 2.05) is 0 Å². The van der Waals surface area contributed by atoms with Crippen LogP contribution in [0.4, 0.5) is 0 Å². The summed E-state index contributed by atoms with van der Waals surface area (Å²) >= 11 is 0. The Bertz CT molecular complexity index is 340. The molecule has 0 aliphatic carbocycles. The average molecular weight is 204 g/mol. The Morgan fingerprint density at radius 2 is 2.20 bits per heavy atom. The van der Waals surface area contributed by atoms with E-state index < -0.39 is 0 Å². The van der Waals surface area contributed by atoms with E-state index in [2.05, 4.69) is 37.4 Å². The molecule has 0 bridgehead atoms. The molecule has 1 aromatic rings. The third kappa shape index (κ3) is 2.21. The fourth-order valence-electron chi connectivity index (χ4n) is 2.43. The van der Waals surface area contributed by atoms with Crippen LogP contribution in [0.15, 0.2) is 18.2 Å². The molecule has 0 saturated carbocycles. The van der Waals surface area contributed by atoms with Crippen LogP contribution < -0.4 is 11.1 Å². The van der Waals surface area contributed by atoms with Crippen molar-refractivity contribution in [2.75, 3.05) is 6.54 Å². The van der Waals surface area contributed by atoms with Crippen molar-refractivity contribution in [2.45, 2.75) is 38.8 Å². The topological polar surface area (TPSA) is 38.0 Å². The van der Waals surface area contributed by atoms with E-state index in [0.29, 0.717) is 6.04 Å². The first-order valence-corrected chi connectivity index (χ1v) is 5.74. The molecule has 2 unspecified atom stereocenters. The van der Waals surface area contributed by atoms with Gasteiger partial charge in [-0.3, -0.25) is 0 Å². The summed E-state index contributed by atoms with van der Waals surface area (Å²) in [5.74, 6) is 0. The van der Waals surface area contributed by atoms with E-state index in [4.69, 9.17) is 5.73 Å². The highest BCUT2D eigenvalue weighted by molar-refractivity contribution is 5.33. The maximum absolute atomic E-state index is 6.29. The van der Waals surface area contributed by atoms with Crippen LogP contribution in [0.2, 0.25) is 0 Å². The lowest BCUT2D eigenvalue weighted by Crippen LogP contribution is -2.34. The van der Waals surface area contributed by atoms with Gasteiger partial charge in [0, 0.05) is 12.1 Å². The van der Waals surface area contributed by atoms with Crippen molar-refractivity contribution < 1.29 is 0 Å². The number of nitrogens with one attached hydrogen (secondary N) is 1. The summed E-state index contributed by atoms with van der Waals surface area (Å²) in [5.41, 5.74) is 10.2. The Labute approximate surface area is 91.9 Å². The molecule has 2 atom stereocenters. The van der Waals surface area contributed by atoms with Gasteiger partial charge < -0.3 is 11.1 Å². The second kappa shape index (κ2) is 4.33. The maximum atomic E-state index is 6.29. The quantitative estimate of drug-likeness (QED) is 0.774. The molecule has 1 aliphatic rings. The van der Waals surface area contributed by atoms with Gasteiger partial charge in [-0.1, -0.05) is 23.8 Å². The Hall–Kier alpha value is -0.860. The molecule has 0 spiro atoms. The molecule has 1 aliphatic heterocycles. The largest absolute Gasteiger partial charge is 0.323 e. The number of hydrogen-bond acceptors (Lipinski definition) is 2. The Morgan fingerprint density at radius 1 is 1.40 bits per heavy atom. The van der Waals surface area contributed by atoms with Crippen LogP contribution in [-0.2, 0) is 0 Å². The smallest absolute Gasteiger partial charge is 0.0453 e. The van der Waals surface area contributed by atoms with E-state index in [1.165, 1.54) is 29.5 Å². The predicted molar refractivity (Wildman–Crippen MR) is 63.9 cm³/mol. The van der Waals surface area contributed by atoms with Crippen molar-refractivity contribution in [1.82, 2.24) is 5.32 Å². The zero-order valence-electron chi connectivity index (χ0n) is 9.59. The van der Waals surface area contributed by atoms with Crippen molar-refractivity contribution in [3.05, 3.63) is 34.9 Å². The number of hydrogen-bond donors (Lipinski definition) is 2. The van der Waals surface area contributed by atoms with Gasteiger partial charge in [0.2, 0.25) is 0 Å². The van der Waals surface area contributed by atoms with Gasteiger partial charge in [0.05, 0.1) is 0 Å². The van der Waals surface area contributed by atoms with Crippen LogP contribution >= 0.6 is 0 Å². The summed E-state index contributed by atoms with van der Waals surface area (Å²) in [6, 6.07) is 7.15. The minimum absolute atomic E-state index is 0.146. The summed E-state index contributed by atoms with van der Waals surface area (Å²) in [6.45, 7) is 5.39. The molecular weight excluding hydrogens is 184 g/mol. The van der Waals surface area contributed by atoms with Crippen molar-refractivity contribution >= 4 is 0 Å². The Morgan fingerprint density at radius 3 is 2.80 bits per heavy atom. The monoisotopic (exact) mass is 204 g/mol. The molecule has 1 saturated heterocycles. The lowest BCUT2D eigenvalue weighted by Gasteiger charge is -2.21. The Kier molecular flexibility index (Phi) is 3.08. The van der Waals surface area contributed by atoms with E-state index in [-0.39, 0.29) is 6.04 Å². The van der Waals surface area contributed by atoms with Crippen molar-refractivity contribution in [3.63, 3.8) is 0 Å². The summed E-state index contributed by atoms with van der Waals surface area (Å²) in [5, 5.41) is 3.47. The van der Waals surface area contributed by atoms with Crippen LogP contribution in [0.1, 0.15) is 35.6 Å². The van der Waals surface area contributed by atoms with Gasteiger partial charge in [-0.05, 0) is 44.4 Å². The third-order valence-electron chi connectivity index (χ3n) is 3.32. The molecule has 2 nitrogen and oxygen atoms in total. The molecule has 0 amide bonds. The number of benzene rings is 1. The molecule has 1 aromatic carbocycles. The molecule has 2 heteroatoms. The van der Waals surface area contributed by atoms with Gasteiger partial charge in [-0.2, -0.15) is 0 Å². The normalized spacial score (nSPS) is 23.0. The molecule has 15 heavy (non-hydrogen) atoms. The molecule has 0 aromatic heterocycles. The van der Waals surface area contributed by atoms with Crippen LogP contribution in [0.25, 0.3) is 0 Å². The molecule has 3 N–H and O–H groups in total. The maximum Gasteiger partial charge on any atom is 0.0453 e. The standard InChI is InChI=1S/C13H20N2/c1-9-5-6-11(10(2)8-9)13(14)12-4-3-7-15-12/h5-6,8,12-13,15H,3-4,7,14H2,1-2H3. The van der Waals surface area contributed by atoms with Gasteiger partial charge in [-0.15, -0.1) is 0 Å². The van der Waals surface area contributed by atoms with Crippen LogP contribution in [0.5, 0.6) is 0 Å². The SMILES string of the molecule is Cc1ccc(C(N)C2CCCN2)c(C)c1. The van der Waals surface area contributed by atoms with Crippen LogP contribution in [0, 0.1) is 13.8 Å². The lowest BCUT2D eigenvalue weighted by atomic mass is 9.94. The van der Waals surface area contributed by atoms with Gasteiger partial charge in [0.25, 0.3) is 0 Å². The van der Waals surface area contributed by atoms with Crippen LogP contribution in [0.3, 0.4) is 0 Å². The van der Waals surface area contributed by atoms with E-state index in [1.54, 1.807) is 0 Å². The highest BCUT2D eigenvalue weighted by atomic mass is 15.0. The molecule has 2 rings (SSSR count). The van der Waals surface area contributed by atoms with Gasteiger partial charge in [-0.25, -0.2) is 0 Å². The van der Waals surface area contributed by atoms with Crippen molar-refractivity contribution in [3.8, 4) is 0 Å². The fourth-order valence-corrected chi connectivity index (χ4v) is 2.43. The van der Waals surface area contributed by atoms with Gasteiger partial charge in [0.1, 0.15) is 0 Å². The second-order valence-electron chi connectivity index (χ2n) is 4.59. The van der Waals surface area contributed by atoms with E-state index >= 15 is 0 Å². The minimum atomic E-state index is 0.146. The fraction of sp³-hybridized carbons (Fsp3) is 0.538. The van der Waals surface area contributed by atoms with Crippen molar-refractivity contribution in [2.24, 2.45) is 5.73 Å². The Balaban J connectivity index is 2.20. The first kappa shape index (κ1) is 10.7. The second-order valence-corrected chi connectivity index (χ2v) is 4.59. The zero-order chi connectivity index (χ0) is 10.8. The molecular formula is C13H20N2. The summed E-state index contributed by atoms with van der Waals surface area (Å²) in [6.07, 6.45) is 2.46. The summed E-state index contributed by atoms with van der Waals surface area (Å²) in [4.78, 5) is 0. The number of nitrogens with two attached hydrogens (primary N) is 1. The van der Waals surface area contributed by atoms with Crippen LogP contribution in [-0.4, -0.2) is 12.6 Å². The van der Waals surface area contributed by atoms with Crippen molar-refractivity contribution in [1.29, 1.82) is 0 Å². The zero-order valence-corrected chi connectivity index (χ0v) is 9.59. The minimum Gasteiger partial charge on any atom is -0.323 e. The average Bonchev–Trinajstić information content (AvgIpc) is 2.69. The van der Waals surface area contributed by atoms with Gasteiger partial charge >= 0.3 is 0 Å². The third-order valence-corrected chi connectivity index (χ3v) is 3.32. The number of rotatable bonds is 2. The highest BCUT2D eigenvalue weighted by Crippen LogP contribution is 2.24. The first-order valence-electron chi connectivity index (χ1n) is 5.74. The molecule has 0 radical (unpaired) electrons. The molecule has 1 heterocycles. The predicted octanol–water partition coefficient (Wildman–Crippen LogP) is 2.06. The molecule has 82 valence electrons. The highest BCUT2D eigenvalue weighted by Gasteiger charge is 2.23. The molecule has 1 fully saturated rings. The van der Waals surface area contributed by atoms with Gasteiger partial charge in [0.15, 0.2) is 0 Å².